The van der Waals surface area contributed by atoms with Gasteiger partial charge < -0.3 is 4.74 Å². The van der Waals surface area contributed by atoms with Crippen molar-refractivity contribution in [2.45, 2.75) is 39.5 Å². The molecule has 0 saturated heterocycles. The van der Waals surface area contributed by atoms with Gasteiger partial charge in [-0.15, -0.1) is 26.0 Å². The standard InChI is InChI=1S/C8H18O.C2H4.C2H2/c1-3-5-7-9-8-6-4-2;2*1-2/h3-8H2,1-2H3;1-2H2;1-2H. The topological polar surface area (TPSA) is 9.23 Å². The first kappa shape index (κ1) is 18.1. The third-order valence-electron chi connectivity index (χ3n) is 1.28. The first-order valence-corrected chi connectivity index (χ1v) is 4.82. The summed E-state index contributed by atoms with van der Waals surface area (Å²) < 4.78 is 5.31. The van der Waals surface area contributed by atoms with Gasteiger partial charge in [-0.3, -0.25) is 0 Å². The van der Waals surface area contributed by atoms with Crippen LogP contribution in [0.1, 0.15) is 39.5 Å². The molecule has 78 valence electrons. The van der Waals surface area contributed by atoms with Crippen molar-refractivity contribution >= 4 is 0 Å². The highest BCUT2D eigenvalue weighted by Gasteiger charge is 1.84. The minimum Gasteiger partial charge on any atom is -0.381 e. The Morgan fingerprint density at radius 3 is 1.46 bits per heavy atom. The van der Waals surface area contributed by atoms with Crippen molar-refractivity contribution in [3.63, 3.8) is 0 Å². The molecule has 0 amide bonds. The molecule has 1 nitrogen and oxygen atoms in total. The van der Waals surface area contributed by atoms with Crippen LogP contribution in [-0.2, 0) is 4.74 Å². The molecule has 0 aliphatic rings. The van der Waals surface area contributed by atoms with E-state index < -0.39 is 0 Å². The Bertz CT molecular complexity index is 70.4. The lowest BCUT2D eigenvalue weighted by molar-refractivity contribution is 0.128. The van der Waals surface area contributed by atoms with Gasteiger partial charge in [-0.2, -0.15) is 0 Å². The Morgan fingerprint density at radius 1 is 0.923 bits per heavy atom. The van der Waals surface area contributed by atoms with E-state index in [2.05, 4.69) is 39.9 Å². The molecule has 0 aromatic carbocycles. The van der Waals surface area contributed by atoms with Crippen molar-refractivity contribution in [1.29, 1.82) is 0 Å². The number of hydrogen-bond donors (Lipinski definition) is 0. The quantitative estimate of drug-likeness (QED) is 0.348. The SMILES string of the molecule is C#C.C=C.CCCCOCCCC. The lowest BCUT2D eigenvalue weighted by Gasteiger charge is -1.99. The zero-order chi connectivity index (χ0) is 10.9. The highest BCUT2D eigenvalue weighted by Crippen LogP contribution is 1.91. The molecule has 0 fully saturated rings. The third kappa shape index (κ3) is 34.9. The van der Waals surface area contributed by atoms with E-state index in [0.717, 1.165) is 13.2 Å². The molecule has 0 spiro atoms. The van der Waals surface area contributed by atoms with Crippen molar-refractivity contribution in [3.8, 4) is 12.8 Å². The van der Waals surface area contributed by atoms with Gasteiger partial charge in [-0.05, 0) is 12.8 Å². The molecule has 1 heteroatoms. The highest BCUT2D eigenvalue weighted by atomic mass is 16.5. The second-order valence-corrected chi connectivity index (χ2v) is 2.32. The van der Waals surface area contributed by atoms with Crippen LogP contribution in [0.2, 0.25) is 0 Å². The van der Waals surface area contributed by atoms with Crippen LogP contribution >= 0.6 is 0 Å². The maximum absolute atomic E-state index is 5.31. The predicted octanol–water partition coefficient (Wildman–Crippen LogP) is 3.65. The van der Waals surface area contributed by atoms with Crippen LogP contribution in [0.3, 0.4) is 0 Å². The molecule has 0 aromatic rings. The molecule has 0 radical (unpaired) electrons. The summed E-state index contributed by atoms with van der Waals surface area (Å²) in [7, 11) is 0. The third-order valence-corrected chi connectivity index (χ3v) is 1.28. The maximum Gasteiger partial charge on any atom is 0.0465 e. The maximum atomic E-state index is 5.31. The van der Waals surface area contributed by atoms with Crippen molar-refractivity contribution in [3.05, 3.63) is 13.2 Å². The molecule has 0 aromatic heterocycles. The zero-order valence-electron chi connectivity index (χ0n) is 9.22. The Kier molecular flexibility index (Phi) is 42.2. The van der Waals surface area contributed by atoms with Gasteiger partial charge in [0.25, 0.3) is 0 Å². The molecule has 0 heterocycles. The number of unbranched alkanes of at least 4 members (excludes halogenated alkanes) is 2. The van der Waals surface area contributed by atoms with Gasteiger partial charge in [0.15, 0.2) is 0 Å². The summed E-state index contributed by atoms with van der Waals surface area (Å²) in [5.41, 5.74) is 0. The van der Waals surface area contributed by atoms with E-state index >= 15 is 0 Å². The fourth-order valence-electron chi connectivity index (χ4n) is 0.595. The molecule has 0 rings (SSSR count). The van der Waals surface area contributed by atoms with Gasteiger partial charge in [0.05, 0.1) is 0 Å². The number of hydrogen-bond acceptors (Lipinski definition) is 1. The lowest BCUT2D eigenvalue weighted by Crippen LogP contribution is -1.95. The van der Waals surface area contributed by atoms with Crippen molar-refractivity contribution in [1.82, 2.24) is 0 Å². The predicted molar refractivity (Wildman–Crippen MR) is 61.8 cm³/mol. The highest BCUT2D eigenvalue weighted by molar-refractivity contribution is 4.47. The number of ether oxygens (including phenoxy) is 1. The molecule has 0 saturated carbocycles. The number of terminal acetylenes is 1. The average Bonchev–Trinajstić information content (AvgIpc) is 2.24. The summed E-state index contributed by atoms with van der Waals surface area (Å²) in [4.78, 5) is 0. The minimum atomic E-state index is 0.955. The van der Waals surface area contributed by atoms with Crippen molar-refractivity contribution in [2.24, 2.45) is 0 Å². The first-order chi connectivity index (χ1) is 6.41. The van der Waals surface area contributed by atoms with Crippen LogP contribution in [0.5, 0.6) is 0 Å². The summed E-state index contributed by atoms with van der Waals surface area (Å²) in [6.45, 7) is 12.3. The molecule has 0 aliphatic carbocycles. The first-order valence-electron chi connectivity index (χ1n) is 4.82. The van der Waals surface area contributed by atoms with Gasteiger partial charge >= 0.3 is 0 Å². The van der Waals surface area contributed by atoms with Gasteiger partial charge in [0.2, 0.25) is 0 Å². The molecule has 0 atom stereocenters. The summed E-state index contributed by atoms with van der Waals surface area (Å²) in [6, 6.07) is 0. The van der Waals surface area contributed by atoms with E-state index in [0.29, 0.717) is 0 Å². The Morgan fingerprint density at radius 2 is 1.23 bits per heavy atom. The number of rotatable bonds is 6. The van der Waals surface area contributed by atoms with E-state index in [1.807, 2.05) is 0 Å². The van der Waals surface area contributed by atoms with E-state index in [-0.39, 0.29) is 0 Å². The van der Waals surface area contributed by atoms with E-state index in [1.165, 1.54) is 25.7 Å². The molecule has 0 aliphatic heterocycles. The average molecular weight is 184 g/mol. The van der Waals surface area contributed by atoms with Crippen LogP contribution in [0.25, 0.3) is 0 Å². The summed E-state index contributed by atoms with van der Waals surface area (Å²) in [5, 5.41) is 0. The Hall–Kier alpha value is -0.740. The monoisotopic (exact) mass is 184 g/mol. The summed E-state index contributed by atoms with van der Waals surface area (Å²) in [5.74, 6) is 0. The zero-order valence-corrected chi connectivity index (χ0v) is 9.22. The Balaban J connectivity index is -0.000000218. The molecule has 0 bridgehead atoms. The van der Waals surface area contributed by atoms with E-state index in [1.54, 1.807) is 0 Å². The van der Waals surface area contributed by atoms with Crippen LogP contribution < -0.4 is 0 Å². The van der Waals surface area contributed by atoms with Crippen LogP contribution in [0.15, 0.2) is 13.2 Å². The van der Waals surface area contributed by atoms with Crippen molar-refractivity contribution < 1.29 is 4.74 Å². The molecular formula is C12H24O. The van der Waals surface area contributed by atoms with Gasteiger partial charge in [0, 0.05) is 13.2 Å². The normalized spacial score (nSPS) is 7.38. The summed E-state index contributed by atoms with van der Waals surface area (Å²) in [6.07, 6.45) is 12.9. The van der Waals surface area contributed by atoms with Gasteiger partial charge in [-0.1, -0.05) is 26.7 Å². The van der Waals surface area contributed by atoms with Crippen LogP contribution in [0, 0.1) is 12.8 Å². The van der Waals surface area contributed by atoms with Crippen molar-refractivity contribution in [2.75, 3.05) is 13.2 Å². The van der Waals surface area contributed by atoms with Crippen LogP contribution in [-0.4, -0.2) is 13.2 Å². The van der Waals surface area contributed by atoms with Crippen LogP contribution in [0.4, 0.5) is 0 Å². The van der Waals surface area contributed by atoms with Gasteiger partial charge in [-0.25, -0.2) is 0 Å². The second-order valence-electron chi connectivity index (χ2n) is 2.32. The minimum absolute atomic E-state index is 0.955. The second kappa shape index (κ2) is 30.2. The molecular weight excluding hydrogens is 160 g/mol. The molecule has 13 heavy (non-hydrogen) atoms. The van der Waals surface area contributed by atoms with Gasteiger partial charge in [0.1, 0.15) is 0 Å². The van der Waals surface area contributed by atoms with E-state index in [9.17, 15) is 0 Å². The van der Waals surface area contributed by atoms with E-state index in [4.69, 9.17) is 4.74 Å². The summed E-state index contributed by atoms with van der Waals surface area (Å²) >= 11 is 0. The Labute approximate surface area is 84.2 Å². The lowest BCUT2D eigenvalue weighted by atomic mass is 10.3. The largest absolute Gasteiger partial charge is 0.381 e. The molecule has 0 unspecified atom stereocenters. The smallest absolute Gasteiger partial charge is 0.0465 e. The fourth-order valence-corrected chi connectivity index (χ4v) is 0.595. The molecule has 0 N–H and O–H groups in total. The fraction of sp³-hybridized carbons (Fsp3) is 0.667.